The lowest BCUT2D eigenvalue weighted by Gasteiger charge is -2.17. The fourth-order valence-corrected chi connectivity index (χ4v) is 5.26. The van der Waals surface area contributed by atoms with Gasteiger partial charge in [0.25, 0.3) is 11.5 Å². The van der Waals surface area contributed by atoms with Crippen molar-refractivity contribution in [2.24, 2.45) is 5.10 Å². The molecule has 1 amide bonds. The van der Waals surface area contributed by atoms with Crippen LogP contribution in [-0.4, -0.2) is 35.0 Å². The number of nitrogens with one attached hydrogen (secondary N) is 1. The molecule has 8 nitrogen and oxygen atoms in total. The normalized spacial score (nSPS) is 12.1. The highest BCUT2D eigenvalue weighted by atomic mass is 79.9. The van der Waals surface area contributed by atoms with Crippen LogP contribution in [0, 0.1) is 6.92 Å². The minimum Gasteiger partial charge on any atom is -0.490 e. The number of hydrogen-bond acceptors (Lipinski definition) is 6. The van der Waals surface area contributed by atoms with E-state index in [1.165, 1.54) is 4.68 Å². The lowest BCUT2D eigenvalue weighted by molar-refractivity contribution is -0.118. The van der Waals surface area contributed by atoms with E-state index in [0.29, 0.717) is 55.0 Å². The Morgan fingerprint density at radius 1 is 1.07 bits per heavy atom. The molecular formula is C30H29Br3N4O4. The monoisotopic (exact) mass is 746 g/mol. The quantitative estimate of drug-likeness (QED) is 0.167. The van der Waals surface area contributed by atoms with E-state index in [9.17, 15) is 9.59 Å². The van der Waals surface area contributed by atoms with E-state index in [1.54, 1.807) is 18.3 Å². The summed E-state index contributed by atoms with van der Waals surface area (Å²) in [5.41, 5.74) is 2.78. The maximum Gasteiger partial charge on any atom is 0.282 e. The number of aryl methyl sites for hydroxylation is 1. The molecule has 0 unspecified atom stereocenters. The molecule has 1 N–H and O–H groups in total. The van der Waals surface area contributed by atoms with Crippen LogP contribution in [0.4, 0.5) is 5.69 Å². The summed E-state index contributed by atoms with van der Waals surface area (Å²) < 4.78 is 15.0. The van der Waals surface area contributed by atoms with Crippen LogP contribution in [-0.2, 0) is 4.79 Å². The zero-order valence-corrected chi connectivity index (χ0v) is 27.8. The van der Waals surface area contributed by atoms with Crippen molar-refractivity contribution >= 4 is 76.5 Å². The highest BCUT2D eigenvalue weighted by molar-refractivity contribution is 9.13. The Balaban J connectivity index is 1.67. The van der Waals surface area contributed by atoms with Gasteiger partial charge in [0.2, 0.25) is 0 Å². The van der Waals surface area contributed by atoms with Crippen LogP contribution in [0.15, 0.2) is 71.8 Å². The number of anilines is 1. The third kappa shape index (κ3) is 7.25. The van der Waals surface area contributed by atoms with Gasteiger partial charge in [-0.25, -0.2) is 4.98 Å². The Morgan fingerprint density at radius 3 is 2.49 bits per heavy atom. The van der Waals surface area contributed by atoms with Crippen LogP contribution in [0.5, 0.6) is 11.5 Å². The minimum atomic E-state index is -0.308. The number of benzene rings is 3. The molecule has 0 saturated heterocycles. The molecule has 0 aliphatic rings. The molecular weight excluding hydrogens is 720 g/mol. The van der Waals surface area contributed by atoms with E-state index in [0.717, 1.165) is 16.5 Å². The smallest absolute Gasteiger partial charge is 0.282 e. The number of aromatic nitrogens is 2. The maximum absolute atomic E-state index is 13.5. The van der Waals surface area contributed by atoms with Crippen molar-refractivity contribution in [1.82, 2.24) is 9.66 Å². The van der Waals surface area contributed by atoms with Crippen molar-refractivity contribution in [1.29, 1.82) is 0 Å². The predicted molar refractivity (Wildman–Crippen MR) is 174 cm³/mol. The molecule has 0 saturated carbocycles. The molecule has 0 radical (unpaired) electrons. The molecule has 3 aromatic carbocycles. The summed E-state index contributed by atoms with van der Waals surface area (Å²) in [6.07, 6.45) is 2.36. The first kappa shape index (κ1) is 30.9. The summed E-state index contributed by atoms with van der Waals surface area (Å²) in [4.78, 5) is 30.8. The highest BCUT2D eigenvalue weighted by Gasteiger charge is 2.20. The van der Waals surface area contributed by atoms with Gasteiger partial charge < -0.3 is 14.8 Å². The van der Waals surface area contributed by atoms with Crippen LogP contribution in [0.3, 0.4) is 0 Å². The first-order valence-electron chi connectivity index (χ1n) is 13.0. The molecule has 0 aliphatic heterocycles. The second-order valence-corrected chi connectivity index (χ2v) is 11.9. The number of halogens is 3. The van der Waals surface area contributed by atoms with Crippen molar-refractivity contribution in [2.75, 3.05) is 18.5 Å². The van der Waals surface area contributed by atoms with Gasteiger partial charge in [-0.2, -0.15) is 9.78 Å². The van der Waals surface area contributed by atoms with Gasteiger partial charge in [-0.15, -0.1) is 0 Å². The number of nitrogens with zero attached hydrogens (tertiary/aromatic N) is 3. The fraction of sp³-hybridized carbons (Fsp3) is 0.267. The first-order chi connectivity index (χ1) is 19.6. The molecule has 4 rings (SSSR count). The van der Waals surface area contributed by atoms with Gasteiger partial charge in [-0.05, 0) is 88.5 Å². The lowest BCUT2D eigenvalue weighted by Crippen LogP contribution is -2.23. The van der Waals surface area contributed by atoms with E-state index in [2.05, 4.69) is 58.2 Å². The highest BCUT2D eigenvalue weighted by Crippen LogP contribution is 2.42. The number of hydrogen-bond donors (Lipinski definition) is 1. The molecule has 4 aromatic rings. The van der Waals surface area contributed by atoms with Gasteiger partial charge in [-0.1, -0.05) is 47.5 Å². The Labute approximate surface area is 263 Å². The fourth-order valence-electron chi connectivity index (χ4n) is 3.97. The molecule has 0 spiro atoms. The van der Waals surface area contributed by atoms with Gasteiger partial charge >= 0.3 is 0 Å². The van der Waals surface area contributed by atoms with Crippen molar-refractivity contribution in [3.8, 4) is 11.5 Å². The zero-order chi connectivity index (χ0) is 29.7. The van der Waals surface area contributed by atoms with E-state index < -0.39 is 0 Å². The Morgan fingerprint density at radius 2 is 1.80 bits per heavy atom. The number of rotatable bonds is 10. The average Bonchev–Trinajstić information content (AvgIpc) is 2.95. The summed E-state index contributed by atoms with van der Waals surface area (Å²) in [5, 5.41) is 7.86. The largest absolute Gasteiger partial charge is 0.490 e. The number of carbonyl (C=O) groups is 1. The van der Waals surface area contributed by atoms with Crippen molar-refractivity contribution in [3.63, 3.8) is 0 Å². The predicted octanol–water partition coefficient (Wildman–Crippen LogP) is 7.80. The standard InChI is InChI=1S/C30H29Br3N4O4/c1-5-18(4)29-36-23-12-9-20(31)14-22(23)30(39)37(29)34-15-19-13-24(40-6-2)28(27(33)26(19)32)41-16-25(38)35-21-10-7-17(3)8-11-21/h7-15,18H,5-6,16H2,1-4H3,(H,35,38)/t18-/m0/s1. The molecule has 0 fully saturated rings. The minimum absolute atomic E-state index is 0.00360. The molecule has 0 aliphatic carbocycles. The Bertz CT molecular complexity index is 1670. The summed E-state index contributed by atoms with van der Waals surface area (Å²) in [6, 6.07) is 14.7. The summed E-state index contributed by atoms with van der Waals surface area (Å²) in [7, 11) is 0. The van der Waals surface area contributed by atoms with Gasteiger partial charge in [0.15, 0.2) is 18.1 Å². The molecule has 1 heterocycles. The molecule has 0 bridgehead atoms. The van der Waals surface area contributed by atoms with E-state index in [4.69, 9.17) is 14.5 Å². The SMILES string of the molecule is CCOc1cc(C=Nn2c([C@@H](C)CC)nc3ccc(Br)cc3c2=O)c(Br)c(Br)c1OCC(=O)Nc1ccc(C)cc1. The van der Waals surface area contributed by atoms with Gasteiger partial charge in [0.05, 0.1) is 28.2 Å². The van der Waals surface area contributed by atoms with Gasteiger partial charge in [0, 0.05) is 26.1 Å². The van der Waals surface area contributed by atoms with Crippen molar-refractivity contribution < 1.29 is 14.3 Å². The third-order valence-corrected chi connectivity index (χ3v) is 8.97. The maximum atomic E-state index is 13.5. The Hall–Kier alpha value is -3.02. The second kappa shape index (κ2) is 13.8. The van der Waals surface area contributed by atoms with Crippen LogP contribution in [0.25, 0.3) is 10.9 Å². The number of amides is 1. The molecule has 1 aromatic heterocycles. The van der Waals surface area contributed by atoms with E-state index in [-0.39, 0.29) is 24.0 Å². The second-order valence-electron chi connectivity index (χ2n) is 9.36. The number of ether oxygens (including phenoxy) is 2. The van der Waals surface area contributed by atoms with Crippen molar-refractivity contribution in [2.45, 2.75) is 40.0 Å². The van der Waals surface area contributed by atoms with Crippen LogP contribution in [0.1, 0.15) is 50.1 Å². The molecule has 214 valence electrons. The average molecular weight is 749 g/mol. The van der Waals surface area contributed by atoms with Crippen LogP contribution < -0.4 is 20.3 Å². The summed E-state index contributed by atoms with van der Waals surface area (Å²) >= 11 is 10.6. The molecule has 1 atom stereocenters. The first-order valence-corrected chi connectivity index (χ1v) is 15.4. The Kier molecular flexibility index (Phi) is 10.4. The number of carbonyl (C=O) groups excluding carboxylic acids is 1. The van der Waals surface area contributed by atoms with E-state index >= 15 is 0 Å². The zero-order valence-electron chi connectivity index (χ0n) is 23.0. The number of fused-ring (bicyclic) bond motifs is 1. The van der Waals surface area contributed by atoms with Crippen molar-refractivity contribution in [3.05, 3.63) is 89.3 Å². The molecule has 41 heavy (non-hydrogen) atoms. The van der Waals surface area contributed by atoms with Crippen LogP contribution in [0.2, 0.25) is 0 Å². The summed E-state index contributed by atoms with van der Waals surface area (Å²) in [5.74, 6) is 1.05. The third-order valence-electron chi connectivity index (χ3n) is 6.34. The molecule has 11 heteroatoms. The topological polar surface area (TPSA) is 94.8 Å². The van der Waals surface area contributed by atoms with Crippen LogP contribution >= 0.6 is 47.8 Å². The van der Waals surface area contributed by atoms with Gasteiger partial charge in [-0.3, -0.25) is 9.59 Å². The van der Waals surface area contributed by atoms with Gasteiger partial charge in [0.1, 0.15) is 5.82 Å². The lowest BCUT2D eigenvalue weighted by atomic mass is 10.1. The van der Waals surface area contributed by atoms with E-state index in [1.807, 2.05) is 64.1 Å². The summed E-state index contributed by atoms with van der Waals surface area (Å²) in [6.45, 7) is 8.04.